The van der Waals surface area contributed by atoms with Crippen molar-refractivity contribution in [2.24, 2.45) is 0 Å². The van der Waals surface area contributed by atoms with E-state index in [9.17, 15) is 24.2 Å². The second kappa shape index (κ2) is 7.52. The molecule has 2 unspecified atom stereocenters. The number of aliphatic hydroxyl groups excluding tert-OH is 2. The van der Waals surface area contributed by atoms with Crippen molar-refractivity contribution in [2.45, 2.75) is 45.5 Å². The van der Waals surface area contributed by atoms with Crippen LogP contribution in [0.3, 0.4) is 0 Å². The summed E-state index contributed by atoms with van der Waals surface area (Å²) < 4.78 is 18.8. The van der Waals surface area contributed by atoms with E-state index in [-0.39, 0.29) is 23.5 Å². The zero-order valence-corrected chi connectivity index (χ0v) is 13.6. The quantitative estimate of drug-likeness (QED) is 0.718. The molecular weight excluding hydrogens is 305 g/mol. The van der Waals surface area contributed by atoms with Gasteiger partial charge in [-0.3, -0.25) is 4.79 Å². The lowest BCUT2D eigenvalue weighted by Crippen LogP contribution is -2.39. The maximum Gasteiger partial charge on any atom is 0.407 e. The monoisotopic (exact) mass is 327 g/mol. The van der Waals surface area contributed by atoms with Crippen LogP contribution in [0.4, 0.5) is 9.18 Å². The molecule has 0 saturated carbocycles. The van der Waals surface area contributed by atoms with E-state index in [1.165, 1.54) is 19.1 Å². The van der Waals surface area contributed by atoms with E-state index >= 15 is 0 Å². The van der Waals surface area contributed by atoms with Crippen molar-refractivity contribution in [3.8, 4) is 0 Å². The molecule has 2 atom stereocenters. The van der Waals surface area contributed by atoms with E-state index in [0.29, 0.717) is 0 Å². The Morgan fingerprint density at radius 1 is 1.30 bits per heavy atom. The second-order valence-electron chi connectivity index (χ2n) is 6.19. The summed E-state index contributed by atoms with van der Waals surface area (Å²) in [6.45, 7) is 6.02. The van der Waals surface area contributed by atoms with Gasteiger partial charge in [-0.25, -0.2) is 9.18 Å². The van der Waals surface area contributed by atoms with Crippen LogP contribution in [0.1, 0.15) is 49.7 Å². The number of aliphatic hydroxyl groups is 2. The van der Waals surface area contributed by atoms with Crippen LogP contribution in [0, 0.1) is 5.82 Å². The van der Waals surface area contributed by atoms with Gasteiger partial charge in [0.1, 0.15) is 23.6 Å². The molecule has 0 aliphatic rings. The van der Waals surface area contributed by atoms with Gasteiger partial charge in [0.05, 0.1) is 0 Å². The van der Waals surface area contributed by atoms with Gasteiger partial charge in [0, 0.05) is 17.7 Å². The van der Waals surface area contributed by atoms with Crippen LogP contribution in [0.5, 0.6) is 0 Å². The normalized spacial score (nSPS) is 14.0. The summed E-state index contributed by atoms with van der Waals surface area (Å²) in [6, 6.07) is 3.52. The van der Waals surface area contributed by atoms with E-state index in [1.807, 2.05) is 0 Å². The maximum atomic E-state index is 13.8. The van der Waals surface area contributed by atoms with E-state index in [2.05, 4.69) is 5.32 Å². The molecule has 1 aromatic rings. The Kier molecular flexibility index (Phi) is 6.23. The van der Waals surface area contributed by atoms with Crippen LogP contribution in [-0.4, -0.2) is 40.3 Å². The summed E-state index contributed by atoms with van der Waals surface area (Å²) in [6.07, 6.45) is -3.81. The number of amides is 1. The largest absolute Gasteiger partial charge is 0.444 e. The van der Waals surface area contributed by atoms with Gasteiger partial charge in [-0.2, -0.15) is 0 Å². The zero-order valence-electron chi connectivity index (χ0n) is 13.6. The molecule has 0 heterocycles. The first-order chi connectivity index (χ1) is 10.5. The summed E-state index contributed by atoms with van der Waals surface area (Å²) in [5.41, 5.74) is -0.695. The molecule has 1 aromatic carbocycles. The molecule has 0 fully saturated rings. The van der Waals surface area contributed by atoms with Crippen LogP contribution in [0.2, 0.25) is 0 Å². The number of hydrogen-bond acceptors (Lipinski definition) is 5. The Balaban J connectivity index is 2.73. The maximum absolute atomic E-state index is 13.8. The number of carbonyl (C=O) groups is 2. The molecule has 128 valence electrons. The summed E-state index contributed by atoms with van der Waals surface area (Å²) in [5.74, 6) is -1.04. The van der Waals surface area contributed by atoms with Crippen molar-refractivity contribution in [1.82, 2.24) is 5.32 Å². The Morgan fingerprint density at radius 3 is 2.43 bits per heavy atom. The van der Waals surface area contributed by atoms with E-state index < -0.39 is 29.7 Å². The highest BCUT2D eigenvalue weighted by molar-refractivity contribution is 5.94. The third-order valence-electron chi connectivity index (χ3n) is 2.94. The number of benzene rings is 1. The number of alkyl carbamates (subject to hydrolysis) is 1. The highest BCUT2D eigenvalue weighted by Crippen LogP contribution is 2.22. The predicted octanol–water partition coefficient (Wildman–Crippen LogP) is 1.95. The van der Waals surface area contributed by atoms with E-state index in [0.717, 1.165) is 6.07 Å². The van der Waals surface area contributed by atoms with E-state index in [4.69, 9.17) is 4.74 Å². The van der Waals surface area contributed by atoms with Gasteiger partial charge in [-0.05, 0) is 45.9 Å². The minimum atomic E-state index is -1.59. The first-order valence-electron chi connectivity index (χ1n) is 7.14. The van der Waals surface area contributed by atoms with Crippen molar-refractivity contribution >= 4 is 11.9 Å². The Hall–Kier alpha value is -1.99. The lowest BCUT2D eigenvalue weighted by Gasteiger charge is -2.22. The lowest BCUT2D eigenvalue weighted by atomic mass is 10.00. The molecule has 23 heavy (non-hydrogen) atoms. The average molecular weight is 327 g/mol. The molecule has 1 rings (SSSR count). The molecule has 0 aromatic heterocycles. The molecule has 0 spiro atoms. The first-order valence-corrected chi connectivity index (χ1v) is 7.14. The van der Waals surface area contributed by atoms with Crippen molar-refractivity contribution in [2.75, 3.05) is 6.54 Å². The standard InChI is InChI=1S/C16H22FNO5/c1-9(19)10-5-6-12(17)11(7-10)14(21)13(20)8-18-15(22)23-16(2,3)4/h5-7,13-14,20-21H,8H2,1-4H3,(H,18,22). The van der Waals surface area contributed by atoms with Crippen molar-refractivity contribution < 1.29 is 28.9 Å². The third-order valence-corrected chi connectivity index (χ3v) is 2.94. The third kappa shape index (κ3) is 5.96. The summed E-state index contributed by atoms with van der Waals surface area (Å²) >= 11 is 0. The minimum Gasteiger partial charge on any atom is -0.444 e. The molecule has 0 radical (unpaired) electrons. The first kappa shape index (κ1) is 19.1. The van der Waals surface area contributed by atoms with Crippen LogP contribution in [-0.2, 0) is 4.74 Å². The highest BCUT2D eigenvalue weighted by Gasteiger charge is 2.24. The predicted molar refractivity (Wildman–Crippen MR) is 81.6 cm³/mol. The number of hydrogen-bond donors (Lipinski definition) is 3. The summed E-state index contributed by atoms with van der Waals surface area (Å²) in [4.78, 5) is 22.8. The number of ether oxygens (including phenoxy) is 1. The molecule has 6 nitrogen and oxygen atoms in total. The molecular formula is C16H22FNO5. The van der Waals surface area contributed by atoms with Gasteiger partial charge < -0.3 is 20.3 Å². The summed E-state index contributed by atoms with van der Waals surface area (Å²) in [7, 11) is 0. The number of ketones is 1. The lowest BCUT2D eigenvalue weighted by molar-refractivity contribution is 0.0113. The SMILES string of the molecule is CC(=O)c1ccc(F)c(C(O)C(O)CNC(=O)OC(C)(C)C)c1. The fraction of sp³-hybridized carbons (Fsp3) is 0.500. The van der Waals surface area contributed by atoms with Crippen LogP contribution in [0.25, 0.3) is 0 Å². The number of halogens is 1. The molecule has 0 aliphatic heterocycles. The molecule has 0 aliphatic carbocycles. The molecule has 0 bridgehead atoms. The Labute approximate surface area is 134 Å². The Morgan fingerprint density at radius 2 is 1.91 bits per heavy atom. The van der Waals surface area contributed by atoms with Gasteiger partial charge in [0.2, 0.25) is 0 Å². The van der Waals surface area contributed by atoms with Gasteiger partial charge in [-0.1, -0.05) is 0 Å². The van der Waals surface area contributed by atoms with Crippen LogP contribution >= 0.6 is 0 Å². The number of nitrogens with one attached hydrogen (secondary N) is 1. The second-order valence-corrected chi connectivity index (χ2v) is 6.19. The number of rotatable bonds is 5. The van der Waals surface area contributed by atoms with Crippen LogP contribution in [0.15, 0.2) is 18.2 Å². The molecule has 3 N–H and O–H groups in total. The average Bonchev–Trinajstić information content (AvgIpc) is 2.42. The van der Waals surface area contributed by atoms with E-state index in [1.54, 1.807) is 20.8 Å². The fourth-order valence-electron chi connectivity index (χ4n) is 1.81. The fourth-order valence-corrected chi connectivity index (χ4v) is 1.81. The zero-order chi connectivity index (χ0) is 17.8. The summed E-state index contributed by atoms with van der Waals surface area (Å²) in [5, 5.41) is 22.2. The van der Waals surface area contributed by atoms with Crippen molar-refractivity contribution in [3.63, 3.8) is 0 Å². The molecule has 7 heteroatoms. The van der Waals surface area contributed by atoms with Gasteiger partial charge in [0.15, 0.2) is 5.78 Å². The molecule has 0 saturated heterocycles. The smallest absolute Gasteiger partial charge is 0.407 e. The number of carbonyl (C=O) groups excluding carboxylic acids is 2. The Bertz CT molecular complexity index is 582. The van der Waals surface area contributed by atoms with Crippen LogP contribution < -0.4 is 5.32 Å². The highest BCUT2D eigenvalue weighted by atomic mass is 19.1. The van der Waals surface area contributed by atoms with Gasteiger partial charge in [0.25, 0.3) is 0 Å². The minimum absolute atomic E-state index is 0.212. The van der Waals surface area contributed by atoms with Gasteiger partial charge >= 0.3 is 6.09 Å². The van der Waals surface area contributed by atoms with Crippen molar-refractivity contribution in [3.05, 3.63) is 35.1 Å². The van der Waals surface area contributed by atoms with Gasteiger partial charge in [-0.15, -0.1) is 0 Å². The van der Waals surface area contributed by atoms with Crippen molar-refractivity contribution in [1.29, 1.82) is 0 Å². The molecule has 1 amide bonds. The topological polar surface area (TPSA) is 95.9 Å². The number of Topliss-reactive ketones (excluding diaryl/α,β-unsaturated/α-hetero) is 1.